The van der Waals surface area contributed by atoms with Crippen molar-refractivity contribution in [3.8, 4) is 0 Å². The van der Waals surface area contributed by atoms with Crippen LogP contribution in [0.2, 0.25) is 0 Å². The van der Waals surface area contributed by atoms with Gasteiger partial charge in [0.05, 0.1) is 13.2 Å². The van der Waals surface area contributed by atoms with E-state index >= 15 is 0 Å². The highest BCUT2D eigenvalue weighted by Crippen LogP contribution is 2.81. The van der Waals surface area contributed by atoms with Crippen LogP contribution in [0.1, 0.15) is 64.2 Å². The van der Waals surface area contributed by atoms with Gasteiger partial charge in [0.15, 0.2) is 0 Å². The number of anilines is 1. The highest BCUT2D eigenvalue weighted by atomic mass is 31.1. The molecule has 1 aromatic rings. The Bertz CT molecular complexity index is 812. The number of hydrogen-bond donors (Lipinski definition) is 0. The van der Waals surface area contributed by atoms with Crippen molar-refractivity contribution in [2.45, 2.75) is 74.5 Å². The summed E-state index contributed by atoms with van der Waals surface area (Å²) in [6.07, 6.45) is 15.9. The summed E-state index contributed by atoms with van der Waals surface area (Å²) in [5.74, 6) is 6.50. The molecule has 1 saturated heterocycles. The molecule has 4 unspecified atom stereocenters. The number of benzene rings is 1. The zero-order valence-electron chi connectivity index (χ0n) is 19.0. The van der Waals surface area contributed by atoms with Gasteiger partial charge in [0.25, 0.3) is 0 Å². The van der Waals surface area contributed by atoms with E-state index in [4.69, 9.17) is 4.74 Å². The Morgan fingerprint density at radius 3 is 1.74 bits per heavy atom. The molecule has 3 heteroatoms. The third kappa shape index (κ3) is 2.59. The maximum absolute atomic E-state index is 5.75. The second-order valence-electron chi connectivity index (χ2n) is 12.8. The summed E-state index contributed by atoms with van der Waals surface area (Å²) in [6, 6.07) is 9.84. The van der Waals surface area contributed by atoms with Crippen LogP contribution in [0, 0.1) is 35.5 Å². The standard InChI is InChI=1S/C28H38NOP/c1-2-4-26(25(3-1)29-5-7-30-8-6-29)31(27-13-19-9-21(15-27)22(10-19)16-27)28-14-20-11-23(17-28)24(12-20)18-28/h1-4,19-24H,5-18H2. The van der Waals surface area contributed by atoms with Gasteiger partial charge in [-0.1, -0.05) is 26.1 Å². The molecule has 0 radical (unpaired) electrons. The number of morpholine rings is 1. The Morgan fingerprint density at radius 1 is 0.710 bits per heavy atom. The van der Waals surface area contributed by atoms with Crippen molar-refractivity contribution < 1.29 is 4.74 Å². The highest BCUT2D eigenvalue weighted by Gasteiger charge is 2.67. The number of hydrogen-bond acceptors (Lipinski definition) is 2. The molecule has 10 rings (SSSR count). The fraction of sp³-hybridized carbons (Fsp3) is 0.786. The Morgan fingerprint density at radius 2 is 1.23 bits per heavy atom. The fourth-order valence-corrected chi connectivity index (χ4v) is 16.1. The lowest BCUT2D eigenvalue weighted by atomic mass is 9.80. The summed E-state index contributed by atoms with van der Waals surface area (Å²) >= 11 is 0. The summed E-state index contributed by atoms with van der Waals surface area (Å²) in [5, 5.41) is 3.21. The molecule has 8 saturated carbocycles. The van der Waals surface area contributed by atoms with E-state index in [0.717, 1.165) is 61.8 Å². The molecule has 8 aliphatic carbocycles. The van der Waals surface area contributed by atoms with E-state index in [-0.39, 0.29) is 7.92 Å². The maximum Gasteiger partial charge on any atom is 0.0642 e. The van der Waals surface area contributed by atoms with Gasteiger partial charge in [0.2, 0.25) is 0 Å². The summed E-state index contributed by atoms with van der Waals surface area (Å²) in [6.45, 7) is 3.98. The van der Waals surface area contributed by atoms with Crippen molar-refractivity contribution in [2.75, 3.05) is 31.2 Å². The van der Waals surface area contributed by atoms with Crippen LogP contribution in [0.25, 0.3) is 0 Å². The van der Waals surface area contributed by atoms with E-state index in [1.54, 1.807) is 69.9 Å². The molecular weight excluding hydrogens is 397 g/mol. The number of ether oxygens (including phenoxy) is 1. The van der Waals surface area contributed by atoms with E-state index in [2.05, 4.69) is 29.2 Å². The van der Waals surface area contributed by atoms with Crippen LogP contribution in [0.3, 0.4) is 0 Å². The predicted molar refractivity (Wildman–Crippen MR) is 129 cm³/mol. The molecule has 0 spiro atoms. The van der Waals surface area contributed by atoms with Gasteiger partial charge in [-0.05, 0) is 116 Å². The molecule has 8 bridgehead atoms. The van der Waals surface area contributed by atoms with Crippen molar-refractivity contribution in [3.63, 3.8) is 0 Å². The van der Waals surface area contributed by atoms with Gasteiger partial charge in [-0.2, -0.15) is 0 Å². The average Bonchev–Trinajstić information content (AvgIpc) is 3.39. The Hall–Kier alpha value is -0.590. The molecule has 4 atom stereocenters. The Labute approximate surface area is 189 Å². The van der Waals surface area contributed by atoms with E-state index in [0.29, 0.717) is 10.3 Å². The molecular formula is C28H38NOP. The molecule has 0 amide bonds. The molecule has 1 heterocycles. The van der Waals surface area contributed by atoms with Gasteiger partial charge in [-0.3, -0.25) is 0 Å². The minimum Gasteiger partial charge on any atom is -0.378 e. The first kappa shape index (κ1) is 18.8. The van der Waals surface area contributed by atoms with Gasteiger partial charge in [-0.15, -0.1) is 0 Å². The minimum absolute atomic E-state index is 0.0980. The fourth-order valence-electron chi connectivity index (χ4n) is 10.8. The first-order valence-corrected chi connectivity index (χ1v) is 14.8. The molecule has 1 aromatic carbocycles. The summed E-state index contributed by atoms with van der Waals surface area (Å²) < 4.78 is 5.75. The van der Waals surface area contributed by atoms with Gasteiger partial charge >= 0.3 is 0 Å². The second-order valence-corrected chi connectivity index (χ2v) is 15.9. The molecule has 1 aliphatic heterocycles. The van der Waals surface area contributed by atoms with Crippen LogP contribution in [0.5, 0.6) is 0 Å². The maximum atomic E-state index is 5.75. The summed E-state index contributed by atoms with van der Waals surface area (Å²) in [7, 11) is -0.0980. The lowest BCUT2D eigenvalue weighted by molar-refractivity contribution is 0.123. The molecule has 0 N–H and O–H groups in total. The smallest absolute Gasteiger partial charge is 0.0642 e. The molecule has 166 valence electrons. The molecule has 2 nitrogen and oxygen atoms in total. The van der Waals surface area contributed by atoms with Gasteiger partial charge in [0, 0.05) is 24.1 Å². The monoisotopic (exact) mass is 435 g/mol. The van der Waals surface area contributed by atoms with Crippen LogP contribution in [0.4, 0.5) is 5.69 Å². The number of nitrogens with zero attached hydrogens (tertiary/aromatic N) is 1. The predicted octanol–water partition coefficient (Wildman–Crippen LogP) is 5.79. The first-order valence-electron chi connectivity index (χ1n) is 13.4. The van der Waals surface area contributed by atoms with E-state index in [1.165, 1.54) is 0 Å². The van der Waals surface area contributed by atoms with Gasteiger partial charge in [0.1, 0.15) is 0 Å². The van der Waals surface area contributed by atoms with Gasteiger partial charge in [-0.25, -0.2) is 0 Å². The van der Waals surface area contributed by atoms with Crippen LogP contribution >= 0.6 is 7.92 Å². The normalized spacial score (nSPS) is 50.0. The van der Waals surface area contributed by atoms with Crippen LogP contribution in [-0.2, 0) is 4.74 Å². The van der Waals surface area contributed by atoms with E-state index in [1.807, 2.05) is 5.30 Å². The van der Waals surface area contributed by atoms with Crippen molar-refractivity contribution >= 4 is 18.9 Å². The third-order valence-electron chi connectivity index (χ3n) is 11.2. The lowest BCUT2D eigenvalue weighted by Gasteiger charge is -2.56. The minimum atomic E-state index is -0.0980. The highest BCUT2D eigenvalue weighted by molar-refractivity contribution is 7.69. The number of para-hydroxylation sites is 1. The van der Waals surface area contributed by atoms with Crippen molar-refractivity contribution in [3.05, 3.63) is 24.3 Å². The lowest BCUT2D eigenvalue weighted by Crippen LogP contribution is -2.47. The number of rotatable bonds is 4. The van der Waals surface area contributed by atoms with Crippen LogP contribution < -0.4 is 10.2 Å². The molecule has 0 aromatic heterocycles. The quantitative estimate of drug-likeness (QED) is 0.555. The van der Waals surface area contributed by atoms with Crippen molar-refractivity contribution in [1.82, 2.24) is 0 Å². The van der Waals surface area contributed by atoms with E-state index in [9.17, 15) is 0 Å². The molecule has 31 heavy (non-hydrogen) atoms. The largest absolute Gasteiger partial charge is 0.378 e. The summed E-state index contributed by atoms with van der Waals surface area (Å²) in [5.41, 5.74) is 1.62. The van der Waals surface area contributed by atoms with Crippen LogP contribution in [0.15, 0.2) is 24.3 Å². The van der Waals surface area contributed by atoms with Crippen LogP contribution in [-0.4, -0.2) is 36.6 Å². The summed E-state index contributed by atoms with van der Waals surface area (Å²) in [4.78, 5) is 2.70. The van der Waals surface area contributed by atoms with Crippen molar-refractivity contribution in [1.29, 1.82) is 0 Å². The zero-order valence-corrected chi connectivity index (χ0v) is 19.9. The second kappa shape index (κ2) is 6.50. The third-order valence-corrected chi connectivity index (χ3v) is 15.1. The molecule has 9 aliphatic rings. The SMILES string of the molecule is c1ccc(P(C23CC4CC(C2)C(C4)C3)C23CC4CC(C2)C(C4)C3)c(N2CCOCC2)c1. The average molecular weight is 436 g/mol. The first-order chi connectivity index (χ1) is 15.2. The Balaban J connectivity index is 1.28. The van der Waals surface area contributed by atoms with Gasteiger partial charge < -0.3 is 9.64 Å². The topological polar surface area (TPSA) is 12.5 Å². The Kier molecular flexibility index (Phi) is 3.94. The van der Waals surface area contributed by atoms with E-state index < -0.39 is 0 Å². The van der Waals surface area contributed by atoms with Crippen molar-refractivity contribution in [2.24, 2.45) is 35.5 Å². The zero-order chi connectivity index (χ0) is 20.2. The molecule has 9 fully saturated rings.